The van der Waals surface area contributed by atoms with Crippen LogP contribution in [0.25, 0.3) is 5.57 Å². The van der Waals surface area contributed by atoms with Gasteiger partial charge in [0.25, 0.3) is 0 Å². The topological polar surface area (TPSA) is 33.7 Å². The fourth-order valence-electron chi connectivity index (χ4n) is 2.84. The fourth-order valence-corrected chi connectivity index (χ4v) is 3.67. The highest BCUT2D eigenvalue weighted by molar-refractivity contribution is 7.14. The molecule has 0 fully saturated rings. The Hall–Kier alpha value is -0.930. The number of carbonyl (C=O) groups is 1. The Labute approximate surface area is 107 Å². The zero-order chi connectivity index (χ0) is 12.7. The van der Waals surface area contributed by atoms with Gasteiger partial charge in [0.2, 0.25) is 0 Å². The zero-order valence-corrected chi connectivity index (χ0v) is 11.7. The molecule has 0 saturated carbocycles. The third kappa shape index (κ3) is 2.85. The largest absolute Gasteiger partial charge is 0.334 e. The first-order chi connectivity index (χ1) is 7.81. The lowest BCUT2D eigenvalue weighted by atomic mass is 9.83. The second-order valence-electron chi connectivity index (χ2n) is 6.12. The SMILES string of the molecule is CC1(C)C=C(c2ccc(C=O)s2)CC(C)(C)[NH2+]1. The molecule has 0 amide bonds. The van der Waals surface area contributed by atoms with E-state index in [0.717, 1.165) is 17.6 Å². The zero-order valence-electron chi connectivity index (χ0n) is 10.9. The summed E-state index contributed by atoms with van der Waals surface area (Å²) in [5.74, 6) is 0. The van der Waals surface area contributed by atoms with Crippen molar-refractivity contribution in [2.24, 2.45) is 0 Å². The number of hydrogen-bond donors (Lipinski definition) is 1. The second-order valence-corrected chi connectivity index (χ2v) is 7.24. The summed E-state index contributed by atoms with van der Waals surface area (Å²) in [6.07, 6.45) is 4.31. The molecule has 0 saturated heterocycles. The van der Waals surface area contributed by atoms with Gasteiger partial charge in [-0.15, -0.1) is 11.3 Å². The molecule has 1 aromatic rings. The molecule has 1 aromatic heterocycles. The lowest BCUT2D eigenvalue weighted by Crippen LogP contribution is -3.04. The molecule has 0 aliphatic carbocycles. The van der Waals surface area contributed by atoms with Gasteiger partial charge in [0.15, 0.2) is 6.29 Å². The highest BCUT2D eigenvalue weighted by atomic mass is 32.1. The molecule has 0 spiro atoms. The van der Waals surface area contributed by atoms with E-state index < -0.39 is 0 Å². The van der Waals surface area contributed by atoms with Crippen LogP contribution >= 0.6 is 11.3 Å². The van der Waals surface area contributed by atoms with Crippen molar-refractivity contribution in [2.75, 3.05) is 0 Å². The van der Waals surface area contributed by atoms with E-state index in [1.165, 1.54) is 10.5 Å². The first-order valence-electron chi connectivity index (χ1n) is 5.96. The van der Waals surface area contributed by atoms with Gasteiger partial charge in [-0.05, 0) is 51.5 Å². The van der Waals surface area contributed by atoms with Crippen LogP contribution in [-0.4, -0.2) is 17.4 Å². The van der Waals surface area contributed by atoms with E-state index in [-0.39, 0.29) is 11.1 Å². The maximum absolute atomic E-state index is 10.7. The van der Waals surface area contributed by atoms with Crippen LogP contribution in [0.4, 0.5) is 0 Å². The first-order valence-corrected chi connectivity index (χ1v) is 6.77. The Kier molecular flexibility index (Phi) is 3.00. The summed E-state index contributed by atoms with van der Waals surface area (Å²) in [5, 5.41) is 2.41. The Balaban J connectivity index is 2.37. The highest BCUT2D eigenvalue weighted by Gasteiger charge is 2.36. The van der Waals surface area contributed by atoms with E-state index in [2.05, 4.69) is 45.2 Å². The number of carbonyl (C=O) groups excluding carboxylic acids is 1. The maximum Gasteiger partial charge on any atom is 0.160 e. The lowest BCUT2D eigenvalue weighted by Gasteiger charge is -2.37. The molecule has 2 N–H and O–H groups in total. The molecule has 2 rings (SSSR count). The molecule has 3 heteroatoms. The molecule has 0 unspecified atom stereocenters. The van der Waals surface area contributed by atoms with Gasteiger partial charge in [0, 0.05) is 11.3 Å². The molecule has 0 radical (unpaired) electrons. The smallest absolute Gasteiger partial charge is 0.160 e. The molecule has 92 valence electrons. The number of rotatable bonds is 2. The molecule has 2 nitrogen and oxygen atoms in total. The normalized spacial score (nSPS) is 22.0. The quantitative estimate of drug-likeness (QED) is 0.804. The molecule has 2 heterocycles. The lowest BCUT2D eigenvalue weighted by molar-refractivity contribution is -0.770. The number of aldehydes is 1. The molecular formula is C14H20NOS+. The molecule has 0 bridgehead atoms. The fraction of sp³-hybridized carbons (Fsp3) is 0.500. The van der Waals surface area contributed by atoms with Crippen LogP contribution in [-0.2, 0) is 0 Å². The standard InChI is InChI=1S/C14H19NOS/c1-13(2)7-10(8-14(3,4)15-13)12-6-5-11(9-16)17-12/h5-7,9,15H,8H2,1-4H3/p+1. The van der Waals surface area contributed by atoms with Gasteiger partial charge in [0.1, 0.15) is 5.54 Å². The summed E-state index contributed by atoms with van der Waals surface area (Å²) < 4.78 is 0. The average Bonchev–Trinajstić information content (AvgIpc) is 2.60. The van der Waals surface area contributed by atoms with Crippen LogP contribution in [0, 0.1) is 0 Å². The number of nitrogens with two attached hydrogens (primary N) is 1. The van der Waals surface area contributed by atoms with Crippen LogP contribution in [0.3, 0.4) is 0 Å². The molecule has 1 aliphatic heterocycles. The summed E-state index contributed by atoms with van der Waals surface area (Å²) >= 11 is 1.59. The first kappa shape index (κ1) is 12.5. The van der Waals surface area contributed by atoms with Crippen molar-refractivity contribution in [3.05, 3.63) is 28.0 Å². The Morgan fingerprint density at radius 2 is 2.00 bits per heavy atom. The Morgan fingerprint density at radius 3 is 2.53 bits per heavy atom. The van der Waals surface area contributed by atoms with Crippen molar-refractivity contribution in [1.82, 2.24) is 0 Å². The third-order valence-electron chi connectivity index (χ3n) is 3.01. The van der Waals surface area contributed by atoms with E-state index in [1.807, 2.05) is 6.07 Å². The van der Waals surface area contributed by atoms with Crippen LogP contribution < -0.4 is 5.32 Å². The summed E-state index contributed by atoms with van der Waals surface area (Å²) in [4.78, 5) is 12.8. The molecule has 1 aliphatic rings. The molecule has 17 heavy (non-hydrogen) atoms. The highest BCUT2D eigenvalue weighted by Crippen LogP contribution is 2.32. The summed E-state index contributed by atoms with van der Waals surface area (Å²) in [5.41, 5.74) is 1.72. The van der Waals surface area contributed by atoms with Crippen molar-refractivity contribution >= 4 is 23.2 Å². The number of thiophene rings is 1. The third-order valence-corrected chi connectivity index (χ3v) is 4.10. The van der Waals surface area contributed by atoms with Crippen molar-refractivity contribution in [3.63, 3.8) is 0 Å². The maximum atomic E-state index is 10.7. The second kappa shape index (κ2) is 4.07. The van der Waals surface area contributed by atoms with Crippen LogP contribution in [0.5, 0.6) is 0 Å². The van der Waals surface area contributed by atoms with Crippen LogP contribution in [0.2, 0.25) is 0 Å². The summed E-state index contributed by atoms with van der Waals surface area (Å²) in [7, 11) is 0. The van der Waals surface area contributed by atoms with Crippen LogP contribution in [0.15, 0.2) is 18.2 Å². The van der Waals surface area contributed by atoms with Gasteiger partial charge < -0.3 is 5.32 Å². The van der Waals surface area contributed by atoms with Gasteiger partial charge in [-0.1, -0.05) is 0 Å². The monoisotopic (exact) mass is 250 g/mol. The van der Waals surface area contributed by atoms with E-state index in [4.69, 9.17) is 0 Å². The van der Waals surface area contributed by atoms with Crippen molar-refractivity contribution < 1.29 is 10.1 Å². The van der Waals surface area contributed by atoms with Gasteiger partial charge in [-0.3, -0.25) is 4.79 Å². The average molecular weight is 250 g/mol. The minimum Gasteiger partial charge on any atom is -0.334 e. The van der Waals surface area contributed by atoms with E-state index in [9.17, 15) is 4.79 Å². The molecule has 0 aromatic carbocycles. The van der Waals surface area contributed by atoms with E-state index in [0.29, 0.717) is 0 Å². The van der Waals surface area contributed by atoms with Crippen molar-refractivity contribution in [2.45, 2.75) is 45.2 Å². The van der Waals surface area contributed by atoms with Crippen molar-refractivity contribution in [1.29, 1.82) is 0 Å². The Morgan fingerprint density at radius 1 is 1.29 bits per heavy atom. The predicted octanol–water partition coefficient (Wildman–Crippen LogP) is 2.47. The molecule has 0 atom stereocenters. The minimum atomic E-state index is 0.127. The van der Waals surface area contributed by atoms with Gasteiger partial charge in [-0.2, -0.15) is 0 Å². The summed E-state index contributed by atoms with van der Waals surface area (Å²) in [6.45, 7) is 9.02. The van der Waals surface area contributed by atoms with E-state index >= 15 is 0 Å². The van der Waals surface area contributed by atoms with Crippen molar-refractivity contribution in [3.8, 4) is 0 Å². The predicted molar refractivity (Wildman–Crippen MR) is 72.4 cm³/mol. The van der Waals surface area contributed by atoms with Gasteiger partial charge >= 0.3 is 0 Å². The number of quaternary nitrogens is 1. The van der Waals surface area contributed by atoms with Crippen LogP contribution in [0.1, 0.15) is 48.7 Å². The Bertz CT molecular complexity index is 468. The summed E-state index contributed by atoms with van der Waals surface area (Å²) in [6, 6.07) is 3.98. The van der Waals surface area contributed by atoms with Gasteiger partial charge in [0.05, 0.1) is 10.4 Å². The molecular weight excluding hydrogens is 230 g/mol. The van der Waals surface area contributed by atoms with Gasteiger partial charge in [-0.25, -0.2) is 0 Å². The number of hydrogen-bond acceptors (Lipinski definition) is 2. The minimum absolute atomic E-state index is 0.127. The van der Waals surface area contributed by atoms with E-state index in [1.54, 1.807) is 11.3 Å².